The average molecular weight is 365 g/mol. The third-order valence-electron chi connectivity index (χ3n) is 4.15. The molecule has 0 amide bonds. The number of rotatable bonds is 11. The van der Waals surface area contributed by atoms with Gasteiger partial charge in [0.2, 0.25) is 0 Å². The number of nitrogens with one attached hydrogen (secondary N) is 2. The van der Waals surface area contributed by atoms with E-state index in [0.717, 1.165) is 49.2 Å². The predicted octanol–water partition coefficient (Wildman–Crippen LogP) is 2.74. The summed E-state index contributed by atoms with van der Waals surface area (Å²) in [5.74, 6) is 2.92. The molecule has 0 unspecified atom stereocenters. The lowest BCUT2D eigenvalue weighted by Gasteiger charge is -2.19. The molecule has 26 heavy (non-hydrogen) atoms. The summed E-state index contributed by atoms with van der Waals surface area (Å²) in [4.78, 5) is 6.58. The Hall–Kier alpha value is -1.95. The molecule has 1 aromatic carbocycles. The first-order chi connectivity index (χ1) is 12.5. The van der Waals surface area contributed by atoms with Crippen molar-refractivity contribution in [3.05, 3.63) is 23.8 Å². The number of likely N-dealkylation sites (N-methyl/N-ethyl adjacent to an activating group) is 1. The second kappa shape index (κ2) is 12.4. The first-order valence-electron chi connectivity index (χ1n) is 9.50. The molecule has 1 rings (SSSR count). The summed E-state index contributed by atoms with van der Waals surface area (Å²) in [6.07, 6.45) is 0. The molecular weight excluding hydrogens is 328 g/mol. The highest BCUT2D eigenvalue weighted by atomic mass is 16.5. The van der Waals surface area contributed by atoms with Gasteiger partial charge in [0.05, 0.1) is 7.11 Å². The molecule has 2 N–H and O–H groups in total. The molecule has 0 fully saturated rings. The summed E-state index contributed by atoms with van der Waals surface area (Å²) in [6, 6.07) is 6.04. The molecule has 0 heterocycles. The van der Waals surface area contributed by atoms with Crippen LogP contribution in [0.2, 0.25) is 0 Å². The zero-order valence-electron chi connectivity index (χ0n) is 17.3. The molecule has 1 aromatic rings. The Morgan fingerprint density at radius 3 is 2.46 bits per heavy atom. The molecule has 0 aromatic heterocycles. The molecule has 0 aliphatic heterocycles. The van der Waals surface area contributed by atoms with Gasteiger partial charge in [-0.3, -0.25) is 4.99 Å². The highest BCUT2D eigenvalue weighted by Crippen LogP contribution is 2.28. The van der Waals surface area contributed by atoms with Crippen molar-refractivity contribution in [2.24, 2.45) is 10.9 Å². The molecular formula is C20H36N4O2. The summed E-state index contributed by atoms with van der Waals surface area (Å²) in [5.41, 5.74) is 1.12. The Morgan fingerprint density at radius 2 is 1.88 bits per heavy atom. The Kier molecular flexibility index (Phi) is 10.5. The van der Waals surface area contributed by atoms with Crippen LogP contribution < -0.4 is 20.1 Å². The van der Waals surface area contributed by atoms with E-state index in [4.69, 9.17) is 9.47 Å². The van der Waals surface area contributed by atoms with Gasteiger partial charge >= 0.3 is 0 Å². The number of guanidine groups is 1. The molecule has 148 valence electrons. The van der Waals surface area contributed by atoms with Crippen LogP contribution in [0.1, 0.15) is 33.3 Å². The Balaban J connectivity index is 2.59. The topological polar surface area (TPSA) is 58.1 Å². The maximum absolute atomic E-state index is 5.91. The highest BCUT2D eigenvalue weighted by molar-refractivity contribution is 5.79. The third kappa shape index (κ3) is 7.95. The fourth-order valence-corrected chi connectivity index (χ4v) is 2.47. The number of hydrogen-bond acceptors (Lipinski definition) is 4. The van der Waals surface area contributed by atoms with Gasteiger partial charge in [-0.25, -0.2) is 0 Å². The average Bonchev–Trinajstić information content (AvgIpc) is 2.65. The van der Waals surface area contributed by atoms with Crippen LogP contribution in [0.4, 0.5) is 0 Å². The van der Waals surface area contributed by atoms with Crippen LogP contribution in [0, 0.1) is 5.92 Å². The Morgan fingerprint density at radius 1 is 1.15 bits per heavy atom. The van der Waals surface area contributed by atoms with E-state index in [0.29, 0.717) is 19.1 Å². The monoisotopic (exact) mass is 364 g/mol. The van der Waals surface area contributed by atoms with Crippen LogP contribution in [0.15, 0.2) is 23.2 Å². The number of methoxy groups -OCH3 is 1. The Bertz CT molecular complexity index is 543. The van der Waals surface area contributed by atoms with E-state index in [9.17, 15) is 0 Å². The summed E-state index contributed by atoms with van der Waals surface area (Å²) in [6.45, 7) is 13.9. The normalized spacial score (nSPS) is 11.8. The minimum atomic E-state index is 0.571. The quantitative estimate of drug-likeness (QED) is 0.467. The molecule has 0 spiro atoms. The maximum Gasteiger partial charge on any atom is 0.191 e. The second-order valence-electron chi connectivity index (χ2n) is 6.56. The second-order valence-corrected chi connectivity index (χ2v) is 6.56. The van der Waals surface area contributed by atoms with Gasteiger partial charge in [0.25, 0.3) is 0 Å². The molecule has 0 aliphatic rings. The van der Waals surface area contributed by atoms with E-state index in [2.05, 4.69) is 54.3 Å². The Labute approximate surface area is 159 Å². The smallest absolute Gasteiger partial charge is 0.191 e. The van der Waals surface area contributed by atoms with Gasteiger partial charge in [-0.1, -0.05) is 33.8 Å². The molecule has 0 saturated heterocycles. The maximum atomic E-state index is 5.91. The molecule has 0 radical (unpaired) electrons. The van der Waals surface area contributed by atoms with Crippen LogP contribution in [0.5, 0.6) is 11.5 Å². The first-order valence-corrected chi connectivity index (χ1v) is 9.50. The van der Waals surface area contributed by atoms with Crippen molar-refractivity contribution in [3.63, 3.8) is 0 Å². The lowest BCUT2D eigenvalue weighted by atomic mass is 10.2. The van der Waals surface area contributed by atoms with Gasteiger partial charge in [-0.05, 0) is 36.7 Å². The zero-order valence-corrected chi connectivity index (χ0v) is 17.3. The molecule has 6 nitrogen and oxygen atoms in total. The van der Waals surface area contributed by atoms with Crippen LogP contribution in [0.3, 0.4) is 0 Å². The van der Waals surface area contributed by atoms with Crippen molar-refractivity contribution in [1.29, 1.82) is 0 Å². The van der Waals surface area contributed by atoms with Gasteiger partial charge in [0, 0.05) is 26.7 Å². The van der Waals surface area contributed by atoms with E-state index in [1.165, 1.54) is 0 Å². The van der Waals surface area contributed by atoms with Crippen molar-refractivity contribution in [1.82, 2.24) is 15.5 Å². The largest absolute Gasteiger partial charge is 0.493 e. The number of ether oxygens (including phenoxy) is 2. The highest BCUT2D eigenvalue weighted by Gasteiger charge is 2.08. The van der Waals surface area contributed by atoms with E-state index in [-0.39, 0.29) is 0 Å². The minimum Gasteiger partial charge on any atom is -0.493 e. The van der Waals surface area contributed by atoms with Crippen molar-refractivity contribution in [3.8, 4) is 11.5 Å². The van der Waals surface area contributed by atoms with Crippen molar-refractivity contribution >= 4 is 5.96 Å². The molecule has 0 bridgehead atoms. The third-order valence-corrected chi connectivity index (χ3v) is 4.15. The van der Waals surface area contributed by atoms with E-state index < -0.39 is 0 Å². The van der Waals surface area contributed by atoms with Crippen molar-refractivity contribution in [2.75, 3.05) is 46.9 Å². The van der Waals surface area contributed by atoms with Crippen molar-refractivity contribution in [2.45, 2.75) is 34.2 Å². The van der Waals surface area contributed by atoms with E-state index in [1.54, 1.807) is 14.2 Å². The summed E-state index contributed by atoms with van der Waals surface area (Å²) >= 11 is 0. The lowest BCUT2D eigenvalue weighted by Crippen LogP contribution is -2.38. The summed E-state index contributed by atoms with van der Waals surface area (Å²) in [5, 5.41) is 6.63. The number of hydrogen-bond donors (Lipinski definition) is 2. The minimum absolute atomic E-state index is 0.571. The van der Waals surface area contributed by atoms with Gasteiger partial charge in [0.1, 0.15) is 6.61 Å². The number of aliphatic imine (C=N–C) groups is 1. The summed E-state index contributed by atoms with van der Waals surface area (Å²) < 4.78 is 11.4. The predicted molar refractivity (Wildman–Crippen MR) is 109 cm³/mol. The number of nitrogens with zero attached hydrogens (tertiary/aromatic N) is 2. The van der Waals surface area contributed by atoms with E-state index in [1.807, 2.05) is 12.1 Å². The molecule has 0 atom stereocenters. The van der Waals surface area contributed by atoms with Gasteiger partial charge < -0.3 is 25.0 Å². The molecule has 0 saturated carbocycles. The standard InChI is InChI=1S/C20H36N4O2/c1-7-24(8-2)11-12-26-18-10-9-17(13-19(18)25-6)15-23-20(21-5)22-14-16(3)4/h9-10,13,16H,7-8,11-12,14-15H2,1-6H3,(H2,21,22,23). The SMILES string of the molecule is CCN(CC)CCOc1ccc(CNC(=NC)NCC(C)C)cc1OC. The van der Waals surface area contributed by atoms with Gasteiger partial charge in [-0.15, -0.1) is 0 Å². The zero-order chi connectivity index (χ0) is 19.4. The van der Waals surface area contributed by atoms with Crippen LogP contribution in [-0.2, 0) is 6.54 Å². The van der Waals surface area contributed by atoms with E-state index >= 15 is 0 Å². The van der Waals surface area contributed by atoms with Crippen LogP contribution in [-0.4, -0.2) is 57.8 Å². The number of benzene rings is 1. The molecule has 6 heteroatoms. The fourth-order valence-electron chi connectivity index (χ4n) is 2.47. The molecule has 0 aliphatic carbocycles. The van der Waals surface area contributed by atoms with Gasteiger partial charge in [-0.2, -0.15) is 0 Å². The summed E-state index contributed by atoms with van der Waals surface area (Å²) in [7, 11) is 3.45. The fraction of sp³-hybridized carbons (Fsp3) is 0.650. The first kappa shape index (κ1) is 22.1. The van der Waals surface area contributed by atoms with Crippen molar-refractivity contribution < 1.29 is 9.47 Å². The van der Waals surface area contributed by atoms with Crippen LogP contribution in [0.25, 0.3) is 0 Å². The van der Waals surface area contributed by atoms with Gasteiger partial charge in [0.15, 0.2) is 17.5 Å². The van der Waals surface area contributed by atoms with Crippen LogP contribution >= 0.6 is 0 Å². The lowest BCUT2D eigenvalue weighted by molar-refractivity contribution is 0.217.